The number of benzene rings is 1. The van der Waals surface area contributed by atoms with Gasteiger partial charge >= 0.3 is 0 Å². The van der Waals surface area contributed by atoms with Gasteiger partial charge in [0.25, 0.3) is 0 Å². The Hall–Kier alpha value is -2.77. The second-order valence-corrected chi connectivity index (χ2v) is 9.02. The van der Waals surface area contributed by atoms with Gasteiger partial charge in [-0.05, 0) is 43.0 Å². The lowest BCUT2D eigenvalue weighted by atomic mass is 9.75. The van der Waals surface area contributed by atoms with Gasteiger partial charge in [-0.2, -0.15) is 0 Å². The molecular weight excluding hydrogens is 442 g/mol. The van der Waals surface area contributed by atoms with Crippen molar-refractivity contribution >= 4 is 29.3 Å². The van der Waals surface area contributed by atoms with E-state index in [1.165, 1.54) is 12.0 Å². The molecule has 7 nitrogen and oxygen atoms in total. The van der Waals surface area contributed by atoms with Gasteiger partial charge in [-0.1, -0.05) is 35.9 Å². The van der Waals surface area contributed by atoms with Crippen molar-refractivity contribution < 1.29 is 19.1 Å². The number of carbonyl (C=O) groups is 3. The smallest absolute Gasteiger partial charge is 0.241 e. The number of ether oxygens (including phenoxy) is 1. The van der Waals surface area contributed by atoms with Gasteiger partial charge < -0.3 is 9.64 Å². The van der Waals surface area contributed by atoms with E-state index < -0.39 is 11.3 Å². The van der Waals surface area contributed by atoms with E-state index in [9.17, 15) is 14.4 Å². The Kier molecular flexibility index (Phi) is 7.10. The van der Waals surface area contributed by atoms with Gasteiger partial charge in [0.2, 0.25) is 17.7 Å². The average molecular weight is 470 g/mol. The number of imide groups is 1. The summed E-state index contributed by atoms with van der Waals surface area (Å²) in [6, 6.07) is 12.5. The molecule has 0 radical (unpaired) electrons. The summed E-state index contributed by atoms with van der Waals surface area (Å²) in [4.78, 5) is 47.8. The number of halogens is 1. The molecule has 2 atom stereocenters. The molecule has 2 aliphatic heterocycles. The quantitative estimate of drug-likeness (QED) is 0.579. The third kappa shape index (κ3) is 4.52. The van der Waals surface area contributed by atoms with Gasteiger partial charge in [-0.25, -0.2) is 0 Å². The molecule has 0 bridgehead atoms. The van der Waals surface area contributed by atoms with Crippen molar-refractivity contribution in [3.05, 3.63) is 64.9 Å². The first kappa shape index (κ1) is 23.4. The maximum Gasteiger partial charge on any atom is 0.241 e. The van der Waals surface area contributed by atoms with Crippen LogP contribution in [0.5, 0.6) is 0 Å². The second kappa shape index (κ2) is 10.0. The predicted octanol–water partition coefficient (Wildman–Crippen LogP) is 3.52. The molecule has 0 unspecified atom stereocenters. The molecule has 2 saturated heterocycles. The molecule has 3 amide bonds. The molecular formula is C25H28ClN3O4. The Labute approximate surface area is 198 Å². The predicted molar refractivity (Wildman–Crippen MR) is 124 cm³/mol. The number of carbonyl (C=O) groups excluding carboxylic acids is 3. The van der Waals surface area contributed by atoms with Crippen LogP contribution in [0.3, 0.4) is 0 Å². The van der Waals surface area contributed by atoms with Crippen LogP contribution >= 0.6 is 11.6 Å². The summed E-state index contributed by atoms with van der Waals surface area (Å²) in [6.07, 6.45) is 4.23. The van der Waals surface area contributed by atoms with E-state index in [4.69, 9.17) is 16.3 Å². The van der Waals surface area contributed by atoms with E-state index in [2.05, 4.69) is 4.98 Å². The highest BCUT2D eigenvalue weighted by Crippen LogP contribution is 2.44. The van der Waals surface area contributed by atoms with Crippen LogP contribution < -0.4 is 0 Å². The number of amides is 3. The summed E-state index contributed by atoms with van der Waals surface area (Å²) >= 11 is 6.51. The van der Waals surface area contributed by atoms with Crippen molar-refractivity contribution in [2.24, 2.45) is 0 Å². The van der Waals surface area contributed by atoms with Crippen molar-refractivity contribution in [1.82, 2.24) is 14.8 Å². The molecule has 8 heteroatoms. The Morgan fingerprint density at radius 3 is 2.70 bits per heavy atom. The van der Waals surface area contributed by atoms with Gasteiger partial charge in [0.15, 0.2) is 0 Å². The Morgan fingerprint density at radius 2 is 1.97 bits per heavy atom. The van der Waals surface area contributed by atoms with E-state index in [1.54, 1.807) is 30.5 Å². The monoisotopic (exact) mass is 469 g/mol. The van der Waals surface area contributed by atoms with E-state index in [0.29, 0.717) is 17.1 Å². The minimum Gasteiger partial charge on any atom is -0.383 e. The zero-order valence-corrected chi connectivity index (χ0v) is 19.5. The fourth-order valence-electron chi connectivity index (χ4n) is 4.97. The van der Waals surface area contributed by atoms with Crippen LogP contribution in [0.2, 0.25) is 5.02 Å². The molecule has 0 N–H and O–H groups in total. The van der Waals surface area contributed by atoms with E-state index in [-0.39, 0.29) is 43.8 Å². The second-order valence-electron chi connectivity index (χ2n) is 8.61. The first-order chi connectivity index (χ1) is 16.0. The number of aromatic nitrogens is 1. The maximum absolute atomic E-state index is 13.7. The van der Waals surface area contributed by atoms with E-state index in [0.717, 1.165) is 25.0 Å². The lowest BCUT2D eigenvalue weighted by Gasteiger charge is -2.38. The van der Waals surface area contributed by atoms with Gasteiger partial charge in [0, 0.05) is 37.7 Å². The summed E-state index contributed by atoms with van der Waals surface area (Å²) in [5, 5.41) is 0.375. The summed E-state index contributed by atoms with van der Waals surface area (Å²) < 4.78 is 5.08. The number of rotatable bonds is 7. The third-order valence-corrected chi connectivity index (χ3v) is 6.95. The highest BCUT2D eigenvalue weighted by molar-refractivity contribution is 6.32. The van der Waals surface area contributed by atoms with Gasteiger partial charge in [0.05, 0.1) is 30.3 Å². The number of likely N-dealkylation sites (tertiary alicyclic amines) is 2. The molecule has 0 saturated carbocycles. The number of hydrogen-bond acceptors (Lipinski definition) is 5. The van der Waals surface area contributed by atoms with Crippen molar-refractivity contribution in [3.63, 3.8) is 0 Å². The Balaban J connectivity index is 1.69. The zero-order valence-electron chi connectivity index (χ0n) is 18.7. The molecule has 3 heterocycles. The number of pyridine rings is 1. The molecule has 0 aliphatic carbocycles. The molecule has 33 heavy (non-hydrogen) atoms. The van der Waals surface area contributed by atoms with Crippen LogP contribution in [0, 0.1) is 0 Å². The Bertz CT molecular complexity index is 1030. The Morgan fingerprint density at radius 1 is 1.18 bits per heavy atom. The third-order valence-electron chi connectivity index (χ3n) is 6.62. The van der Waals surface area contributed by atoms with E-state index in [1.807, 2.05) is 23.1 Å². The SMILES string of the molecule is COCCN1C(=O)C[C@](CC(=O)N2CCCC[C@@H]2c2ccccn2)(c2ccccc2Cl)C1=O. The molecule has 1 aromatic carbocycles. The van der Waals surface area contributed by atoms with Crippen molar-refractivity contribution in [2.75, 3.05) is 26.8 Å². The standard InChI is InChI=1S/C25H28ClN3O4/c1-33-15-14-29-23(31)17-25(24(29)32,18-8-2-3-9-19(18)26)16-22(30)28-13-7-5-11-21(28)20-10-4-6-12-27-20/h2-4,6,8-10,12,21H,5,7,11,13-17H2,1H3/t21-,25-/m1/s1. The fraction of sp³-hybridized carbons (Fsp3) is 0.440. The number of methoxy groups -OCH3 is 1. The van der Waals surface area contributed by atoms with Gasteiger partial charge in [0.1, 0.15) is 0 Å². The van der Waals surface area contributed by atoms with E-state index >= 15 is 0 Å². The summed E-state index contributed by atoms with van der Waals surface area (Å²) in [5.41, 5.74) is 0.0318. The summed E-state index contributed by atoms with van der Waals surface area (Å²) in [7, 11) is 1.52. The highest BCUT2D eigenvalue weighted by atomic mass is 35.5. The normalized spacial score (nSPS) is 23.3. The molecule has 174 valence electrons. The topological polar surface area (TPSA) is 79.8 Å². The first-order valence-corrected chi connectivity index (χ1v) is 11.6. The summed E-state index contributed by atoms with van der Waals surface area (Å²) in [6.45, 7) is 0.973. The largest absolute Gasteiger partial charge is 0.383 e. The zero-order chi connectivity index (χ0) is 23.4. The molecule has 1 aromatic heterocycles. The minimum atomic E-state index is -1.33. The van der Waals surface area contributed by atoms with Crippen LogP contribution in [0.15, 0.2) is 48.7 Å². The first-order valence-electron chi connectivity index (χ1n) is 11.3. The lowest BCUT2D eigenvalue weighted by molar-refractivity contribution is -0.144. The van der Waals surface area contributed by atoms with Gasteiger partial charge in [-0.15, -0.1) is 0 Å². The number of hydrogen-bond donors (Lipinski definition) is 0. The van der Waals surface area contributed by atoms with Crippen molar-refractivity contribution in [2.45, 2.75) is 43.6 Å². The molecule has 2 aliphatic rings. The van der Waals surface area contributed by atoms with Crippen molar-refractivity contribution in [1.29, 1.82) is 0 Å². The minimum absolute atomic E-state index is 0.0902. The number of nitrogens with zero attached hydrogens (tertiary/aromatic N) is 3. The fourth-order valence-corrected chi connectivity index (χ4v) is 5.29. The van der Waals surface area contributed by atoms with Crippen LogP contribution in [0.4, 0.5) is 0 Å². The molecule has 2 aromatic rings. The van der Waals surface area contributed by atoms with Crippen LogP contribution in [0.1, 0.15) is 49.4 Å². The van der Waals surface area contributed by atoms with Crippen LogP contribution in [-0.2, 0) is 24.5 Å². The maximum atomic E-state index is 13.7. The highest BCUT2D eigenvalue weighted by Gasteiger charge is 2.55. The summed E-state index contributed by atoms with van der Waals surface area (Å²) in [5.74, 6) is -0.873. The van der Waals surface area contributed by atoms with Crippen LogP contribution in [-0.4, -0.2) is 59.3 Å². The molecule has 4 rings (SSSR count). The molecule has 0 spiro atoms. The van der Waals surface area contributed by atoms with Crippen LogP contribution in [0.25, 0.3) is 0 Å². The van der Waals surface area contributed by atoms with Crippen molar-refractivity contribution in [3.8, 4) is 0 Å². The lowest BCUT2D eigenvalue weighted by Crippen LogP contribution is -2.46. The van der Waals surface area contributed by atoms with Gasteiger partial charge in [-0.3, -0.25) is 24.3 Å². The average Bonchev–Trinajstić information content (AvgIpc) is 3.07. The molecule has 2 fully saturated rings. The number of piperidine rings is 1.